The smallest absolute Gasteiger partial charge is 0.253 e. The van der Waals surface area contributed by atoms with Gasteiger partial charge in [0.05, 0.1) is 6.54 Å². The van der Waals surface area contributed by atoms with Gasteiger partial charge in [-0.15, -0.1) is 0 Å². The molecule has 1 fully saturated rings. The molecule has 1 unspecified atom stereocenters. The second-order valence-electron chi connectivity index (χ2n) is 7.86. The Morgan fingerprint density at radius 2 is 1.84 bits per heavy atom. The molecule has 2 aromatic carbocycles. The molecule has 4 rings (SSSR count). The monoisotopic (exact) mass is 438 g/mol. The maximum atomic E-state index is 12.9. The molecule has 1 aliphatic heterocycles. The fourth-order valence-corrected chi connectivity index (χ4v) is 4.30. The van der Waals surface area contributed by atoms with Gasteiger partial charge in [-0.25, -0.2) is 0 Å². The third kappa shape index (κ3) is 5.45. The van der Waals surface area contributed by atoms with Crippen LogP contribution < -0.4 is 0 Å². The van der Waals surface area contributed by atoms with Gasteiger partial charge >= 0.3 is 0 Å². The first-order valence-corrected chi connectivity index (χ1v) is 12.0. The Morgan fingerprint density at radius 1 is 1.10 bits per heavy atom. The van der Waals surface area contributed by atoms with E-state index in [9.17, 15) is 9.00 Å². The van der Waals surface area contributed by atoms with E-state index in [4.69, 9.17) is 4.52 Å². The number of aromatic nitrogens is 2. The van der Waals surface area contributed by atoms with Crippen molar-refractivity contribution in [1.82, 2.24) is 19.9 Å². The van der Waals surface area contributed by atoms with Crippen molar-refractivity contribution in [3.63, 3.8) is 0 Å². The van der Waals surface area contributed by atoms with Crippen LogP contribution in [0.5, 0.6) is 0 Å². The molecule has 7 nitrogen and oxygen atoms in total. The Labute approximate surface area is 184 Å². The highest BCUT2D eigenvalue weighted by atomic mass is 32.2. The molecule has 1 atom stereocenters. The van der Waals surface area contributed by atoms with Crippen LogP contribution in [0.15, 0.2) is 53.1 Å². The zero-order valence-corrected chi connectivity index (χ0v) is 18.6. The van der Waals surface area contributed by atoms with Crippen LogP contribution in [0.25, 0.3) is 11.4 Å². The topological polar surface area (TPSA) is 79.5 Å². The number of piperazine rings is 1. The van der Waals surface area contributed by atoms with E-state index in [0.29, 0.717) is 42.7 Å². The minimum atomic E-state index is -0.930. The molecule has 0 radical (unpaired) electrons. The van der Waals surface area contributed by atoms with E-state index in [1.54, 1.807) is 6.26 Å². The standard InChI is InChI=1S/C23H26N4O3S/c1-17-6-8-19(9-7-17)22-24-21(30-25-22)15-26-10-12-27(13-11-26)23(28)20-5-3-4-18(14-20)16-31(2)29/h3-9,14H,10-13,15-16H2,1-2H3. The summed E-state index contributed by atoms with van der Waals surface area (Å²) in [6.07, 6.45) is 1.67. The average Bonchev–Trinajstić information content (AvgIpc) is 3.22. The summed E-state index contributed by atoms with van der Waals surface area (Å²) in [5.74, 6) is 1.65. The molecule has 3 aromatic rings. The van der Waals surface area contributed by atoms with E-state index in [2.05, 4.69) is 15.0 Å². The summed E-state index contributed by atoms with van der Waals surface area (Å²) in [6, 6.07) is 15.5. The molecule has 0 N–H and O–H groups in total. The second-order valence-corrected chi connectivity index (χ2v) is 9.30. The highest BCUT2D eigenvalue weighted by molar-refractivity contribution is 7.83. The summed E-state index contributed by atoms with van der Waals surface area (Å²) < 4.78 is 16.9. The average molecular weight is 439 g/mol. The molecule has 1 amide bonds. The largest absolute Gasteiger partial charge is 0.338 e. The maximum absolute atomic E-state index is 12.9. The number of carbonyl (C=O) groups excluding carboxylic acids is 1. The predicted octanol–water partition coefficient (Wildman–Crippen LogP) is 2.88. The van der Waals surface area contributed by atoms with Gasteiger partial charge in [0.25, 0.3) is 5.91 Å². The molecule has 0 saturated carbocycles. The first-order valence-electron chi connectivity index (χ1n) is 10.3. The summed E-state index contributed by atoms with van der Waals surface area (Å²) >= 11 is 0. The summed E-state index contributed by atoms with van der Waals surface area (Å²) in [5, 5.41) is 4.09. The minimum Gasteiger partial charge on any atom is -0.338 e. The minimum absolute atomic E-state index is 0.0165. The van der Waals surface area contributed by atoms with E-state index in [1.807, 2.05) is 60.4 Å². The molecule has 0 bridgehead atoms. The fourth-order valence-electron chi connectivity index (χ4n) is 3.65. The maximum Gasteiger partial charge on any atom is 0.253 e. The van der Waals surface area contributed by atoms with Crippen LogP contribution in [0.1, 0.15) is 27.4 Å². The van der Waals surface area contributed by atoms with Gasteiger partial charge < -0.3 is 9.42 Å². The quantitative estimate of drug-likeness (QED) is 0.589. The van der Waals surface area contributed by atoms with Crippen LogP contribution in [0, 0.1) is 6.92 Å². The van der Waals surface area contributed by atoms with Crippen LogP contribution >= 0.6 is 0 Å². The van der Waals surface area contributed by atoms with Crippen molar-refractivity contribution >= 4 is 16.7 Å². The number of hydrogen-bond acceptors (Lipinski definition) is 6. The number of carbonyl (C=O) groups is 1. The normalized spacial score (nSPS) is 15.7. The Hall–Kier alpha value is -2.84. The van der Waals surface area contributed by atoms with Gasteiger partial charge in [0.2, 0.25) is 11.7 Å². The van der Waals surface area contributed by atoms with Gasteiger partial charge in [0.1, 0.15) is 0 Å². The summed E-state index contributed by atoms with van der Waals surface area (Å²) in [7, 11) is -0.930. The molecular weight excluding hydrogens is 412 g/mol. The number of aryl methyl sites for hydroxylation is 1. The summed E-state index contributed by atoms with van der Waals surface area (Å²) in [6.45, 7) is 5.38. The van der Waals surface area contributed by atoms with Crippen molar-refractivity contribution in [2.45, 2.75) is 19.2 Å². The van der Waals surface area contributed by atoms with Gasteiger partial charge in [-0.3, -0.25) is 13.9 Å². The highest BCUT2D eigenvalue weighted by Crippen LogP contribution is 2.18. The lowest BCUT2D eigenvalue weighted by Crippen LogP contribution is -2.48. The van der Waals surface area contributed by atoms with Crippen molar-refractivity contribution < 1.29 is 13.5 Å². The molecule has 31 heavy (non-hydrogen) atoms. The first kappa shape index (κ1) is 21.4. The molecular formula is C23H26N4O3S. The Balaban J connectivity index is 1.32. The lowest BCUT2D eigenvalue weighted by molar-refractivity contribution is 0.0615. The van der Waals surface area contributed by atoms with E-state index in [1.165, 1.54) is 5.56 Å². The lowest BCUT2D eigenvalue weighted by Gasteiger charge is -2.34. The fraction of sp³-hybridized carbons (Fsp3) is 0.348. The Bertz CT molecular complexity index is 1070. The molecule has 1 saturated heterocycles. The molecule has 2 heterocycles. The SMILES string of the molecule is Cc1ccc(-c2noc(CN3CCN(C(=O)c4cccc(CS(C)=O)c4)CC3)n2)cc1. The third-order valence-electron chi connectivity index (χ3n) is 5.34. The van der Waals surface area contributed by atoms with Crippen LogP contribution in [-0.4, -0.2) is 62.5 Å². The zero-order valence-electron chi connectivity index (χ0n) is 17.8. The Kier molecular flexibility index (Phi) is 6.58. The number of benzene rings is 2. The molecule has 0 spiro atoms. The van der Waals surface area contributed by atoms with Gasteiger partial charge in [-0.1, -0.05) is 47.1 Å². The van der Waals surface area contributed by atoms with Crippen molar-refractivity contribution in [3.05, 3.63) is 71.1 Å². The van der Waals surface area contributed by atoms with Gasteiger partial charge in [0.15, 0.2) is 0 Å². The molecule has 0 aliphatic carbocycles. The molecule has 162 valence electrons. The molecule has 1 aliphatic rings. The van der Waals surface area contributed by atoms with Gasteiger partial charge in [-0.2, -0.15) is 4.98 Å². The van der Waals surface area contributed by atoms with E-state index in [-0.39, 0.29) is 5.91 Å². The van der Waals surface area contributed by atoms with Crippen molar-refractivity contribution in [2.75, 3.05) is 32.4 Å². The summed E-state index contributed by atoms with van der Waals surface area (Å²) in [5.41, 5.74) is 3.69. The van der Waals surface area contributed by atoms with E-state index < -0.39 is 10.8 Å². The second kappa shape index (κ2) is 9.53. The van der Waals surface area contributed by atoms with Crippen LogP contribution in [-0.2, 0) is 23.1 Å². The van der Waals surface area contributed by atoms with Gasteiger partial charge in [0, 0.05) is 60.1 Å². The van der Waals surface area contributed by atoms with Crippen molar-refractivity contribution in [3.8, 4) is 11.4 Å². The van der Waals surface area contributed by atoms with Crippen molar-refractivity contribution in [2.24, 2.45) is 0 Å². The number of rotatable bonds is 6. The predicted molar refractivity (Wildman–Crippen MR) is 120 cm³/mol. The zero-order chi connectivity index (χ0) is 21.8. The van der Waals surface area contributed by atoms with Crippen molar-refractivity contribution in [1.29, 1.82) is 0 Å². The lowest BCUT2D eigenvalue weighted by atomic mass is 10.1. The summed E-state index contributed by atoms with van der Waals surface area (Å²) in [4.78, 5) is 21.5. The number of nitrogens with zero attached hydrogens (tertiary/aromatic N) is 4. The first-order chi connectivity index (χ1) is 15.0. The Morgan fingerprint density at radius 3 is 2.55 bits per heavy atom. The van der Waals surface area contributed by atoms with E-state index in [0.717, 1.165) is 24.2 Å². The van der Waals surface area contributed by atoms with Gasteiger partial charge in [-0.05, 0) is 24.6 Å². The molecule has 8 heteroatoms. The highest BCUT2D eigenvalue weighted by Gasteiger charge is 2.23. The number of hydrogen-bond donors (Lipinski definition) is 0. The van der Waals surface area contributed by atoms with Crippen LogP contribution in [0.2, 0.25) is 0 Å². The molecule has 1 aromatic heterocycles. The third-order valence-corrected chi connectivity index (χ3v) is 6.08. The van der Waals surface area contributed by atoms with E-state index >= 15 is 0 Å². The van der Waals surface area contributed by atoms with Crippen LogP contribution in [0.4, 0.5) is 0 Å². The number of amides is 1. The van der Waals surface area contributed by atoms with Crippen LogP contribution in [0.3, 0.4) is 0 Å².